The molecule has 0 atom stereocenters. The van der Waals surface area contributed by atoms with Gasteiger partial charge in [-0.15, -0.1) is 0 Å². The molecule has 0 radical (unpaired) electrons. The number of aromatic hydroxyl groups is 2. The van der Waals surface area contributed by atoms with Crippen LogP contribution in [0, 0.1) is 0 Å². The van der Waals surface area contributed by atoms with E-state index in [4.69, 9.17) is 0 Å². The molecule has 0 heterocycles. The highest BCUT2D eigenvalue weighted by Crippen LogP contribution is 2.41. The van der Waals surface area contributed by atoms with Crippen molar-refractivity contribution in [1.29, 1.82) is 0 Å². The molecule has 0 bridgehead atoms. The Hall–Kier alpha value is -2.04. The summed E-state index contributed by atoms with van der Waals surface area (Å²) in [5, 5.41) is 29.2. The van der Waals surface area contributed by atoms with Crippen LogP contribution in [0.3, 0.4) is 0 Å². The molecule has 0 saturated heterocycles. The van der Waals surface area contributed by atoms with Gasteiger partial charge < -0.3 is 20.8 Å². The molecule has 4 nitrogen and oxygen atoms in total. The molecule has 0 saturated carbocycles. The molecule has 238 valence electrons. The van der Waals surface area contributed by atoms with E-state index in [0.29, 0.717) is 11.5 Å². The molecule has 2 rings (SSSR count). The van der Waals surface area contributed by atoms with E-state index in [2.05, 4.69) is 118 Å². The average molecular weight is 581 g/mol. The second-order valence-corrected chi connectivity index (χ2v) is 16.5. The molecule has 4 heteroatoms. The number of hydrogen-bond acceptors (Lipinski definition) is 4. The maximum absolute atomic E-state index is 11.0. The number of phenolic OH excluding ortho intramolecular Hbond substituents is 2. The first-order chi connectivity index (χ1) is 19.2. The minimum Gasteiger partial charge on any atom is -0.507 e. The fourth-order valence-electron chi connectivity index (χ4n) is 5.53. The van der Waals surface area contributed by atoms with Crippen LogP contribution in [0.15, 0.2) is 24.3 Å². The highest BCUT2D eigenvalue weighted by atomic mass is 16.3. The van der Waals surface area contributed by atoms with E-state index in [-0.39, 0.29) is 21.7 Å². The van der Waals surface area contributed by atoms with Crippen LogP contribution in [0.2, 0.25) is 0 Å². The average Bonchev–Trinajstić information content (AvgIpc) is 2.83. The van der Waals surface area contributed by atoms with E-state index in [1.54, 1.807) is 0 Å². The summed E-state index contributed by atoms with van der Waals surface area (Å²) in [4.78, 5) is 0. The Balaban J connectivity index is 1.70. The summed E-state index contributed by atoms with van der Waals surface area (Å²) < 4.78 is 0. The van der Waals surface area contributed by atoms with Gasteiger partial charge in [0.1, 0.15) is 11.5 Å². The zero-order chi connectivity index (χ0) is 31.9. The molecule has 0 unspecified atom stereocenters. The third-order valence-corrected chi connectivity index (χ3v) is 8.21. The summed E-state index contributed by atoms with van der Waals surface area (Å²) in [6, 6.07) is 8.81. The van der Waals surface area contributed by atoms with Gasteiger partial charge in [-0.2, -0.15) is 0 Å². The van der Waals surface area contributed by atoms with Gasteiger partial charge in [-0.1, -0.05) is 120 Å². The molecular formula is C38H64N2O2. The molecule has 0 amide bonds. The molecule has 2 aromatic carbocycles. The Morgan fingerprint density at radius 3 is 0.929 bits per heavy atom. The van der Waals surface area contributed by atoms with Gasteiger partial charge >= 0.3 is 0 Å². The van der Waals surface area contributed by atoms with Crippen LogP contribution in [-0.4, -0.2) is 36.4 Å². The van der Waals surface area contributed by atoms with Gasteiger partial charge in [-0.05, 0) is 107 Å². The molecule has 0 aromatic heterocycles. The summed E-state index contributed by atoms with van der Waals surface area (Å²) >= 11 is 0. The van der Waals surface area contributed by atoms with Gasteiger partial charge in [0, 0.05) is 0 Å². The number of hydrogen-bond donors (Lipinski definition) is 4. The standard InChI is InChI=1S/C38H64N2O2/c1-35(2,3)29-23-27(24-30(33(29)41)36(4,5)6)17-21-39-19-15-13-14-16-20-40-22-18-28-25-31(37(7,8)9)34(42)32(26-28)38(10,11)12/h23-26,39-42H,13-22H2,1-12H3. The Morgan fingerprint density at radius 1 is 0.429 bits per heavy atom. The molecule has 42 heavy (non-hydrogen) atoms. The van der Waals surface area contributed by atoms with Crippen molar-refractivity contribution in [3.8, 4) is 11.5 Å². The van der Waals surface area contributed by atoms with Crippen molar-refractivity contribution in [2.45, 2.75) is 143 Å². The summed E-state index contributed by atoms with van der Waals surface area (Å²) in [6.45, 7) is 30.1. The number of rotatable bonds is 13. The zero-order valence-electron chi connectivity index (χ0n) is 29.3. The van der Waals surface area contributed by atoms with Crippen molar-refractivity contribution < 1.29 is 10.2 Å². The second kappa shape index (κ2) is 14.6. The van der Waals surface area contributed by atoms with Gasteiger partial charge in [0.05, 0.1) is 0 Å². The first kappa shape index (κ1) is 36.2. The smallest absolute Gasteiger partial charge is 0.123 e. The van der Waals surface area contributed by atoms with Gasteiger partial charge in [-0.3, -0.25) is 0 Å². The summed E-state index contributed by atoms with van der Waals surface area (Å²) in [6.07, 6.45) is 6.86. The maximum atomic E-state index is 11.0. The first-order valence-corrected chi connectivity index (χ1v) is 16.4. The van der Waals surface area contributed by atoms with Crippen LogP contribution in [0.4, 0.5) is 0 Å². The van der Waals surface area contributed by atoms with Crippen LogP contribution in [0.1, 0.15) is 142 Å². The summed E-state index contributed by atoms with van der Waals surface area (Å²) in [5.74, 6) is 0.928. The predicted molar refractivity (Wildman–Crippen MR) is 183 cm³/mol. The normalized spacial score (nSPS) is 13.1. The molecule has 0 aliphatic carbocycles. The van der Waals surface area contributed by atoms with Crippen molar-refractivity contribution in [2.24, 2.45) is 0 Å². The van der Waals surface area contributed by atoms with Gasteiger partial charge in [0.15, 0.2) is 0 Å². The van der Waals surface area contributed by atoms with Crippen LogP contribution in [0.25, 0.3) is 0 Å². The number of benzene rings is 2. The minimum atomic E-state index is -0.0838. The molecular weight excluding hydrogens is 516 g/mol. The Kier molecular flexibility index (Phi) is 12.6. The molecule has 0 spiro atoms. The Bertz CT molecular complexity index is 976. The van der Waals surface area contributed by atoms with Crippen molar-refractivity contribution in [3.05, 3.63) is 57.6 Å². The molecule has 0 fully saturated rings. The van der Waals surface area contributed by atoms with Crippen LogP contribution < -0.4 is 10.6 Å². The lowest BCUT2D eigenvalue weighted by Gasteiger charge is -2.28. The monoisotopic (exact) mass is 580 g/mol. The molecule has 0 aliphatic rings. The van der Waals surface area contributed by atoms with Gasteiger partial charge in [0.2, 0.25) is 0 Å². The molecule has 0 aliphatic heterocycles. The van der Waals surface area contributed by atoms with E-state index in [1.165, 1.54) is 36.8 Å². The predicted octanol–water partition coefficient (Wildman–Crippen LogP) is 8.81. The van der Waals surface area contributed by atoms with E-state index in [0.717, 1.165) is 61.3 Å². The van der Waals surface area contributed by atoms with Crippen molar-refractivity contribution in [1.82, 2.24) is 10.6 Å². The van der Waals surface area contributed by atoms with Crippen LogP contribution >= 0.6 is 0 Å². The quantitative estimate of drug-likeness (QED) is 0.179. The van der Waals surface area contributed by atoms with E-state index >= 15 is 0 Å². The number of unbranched alkanes of at least 4 members (excludes halogenated alkanes) is 3. The third-order valence-electron chi connectivity index (χ3n) is 8.21. The lowest BCUT2D eigenvalue weighted by atomic mass is 9.78. The van der Waals surface area contributed by atoms with Crippen molar-refractivity contribution in [2.75, 3.05) is 26.2 Å². The first-order valence-electron chi connectivity index (χ1n) is 16.4. The zero-order valence-corrected chi connectivity index (χ0v) is 29.3. The summed E-state index contributed by atoms with van der Waals surface area (Å²) in [7, 11) is 0. The van der Waals surface area contributed by atoms with Gasteiger partial charge in [-0.25, -0.2) is 0 Å². The van der Waals surface area contributed by atoms with E-state index < -0.39 is 0 Å². The number of nitrogens with one attached hydrogen (secondary N) is 2. The Morgan fingerprint density at radius 2 is 0.690 bits per heavy atom. The third kappa shape index (κ3) is 10.9. The lowest BCUT2D eigenvalue weighted by Crippen LogP contribution is -2.21. The Labute approximate surface area is 259 Å². The number of phenols is 2. The topological polar surface area (TPSA) is 64.5 Å². The minimum absolute atomic E-state index is 0.0838. The second-order valence-electron chi connectivity index (χ2n) is 16.5. The lowest BCUT2D eigenvalue weighted by molar-refractivity contribution is 0.421. The largest absolute Gasteiger partial charge is 0.507 e. The molecule has 2 aromatic rings. The van der Waals surface area contributed by atoms with Crippen LogP contribution in [0.5, 0.6) is 11.5 Å². The van der Waals surface area contributed by atoms with E-state index in [1.807, 2.05) is 0 Å². The summed E-state index contributed by atoms with van der Waals surface area (Å²) in [5.41, 5.74) is 6.46. The fraction of sp³-hybridized carbons (Fsp3) is 0.684. The molecule has 4 N–H and O–H groups in total. The van der Waals surface area contributed by atoms with Gasteiger partial charge in [0.25, 0.3) is 0 Å². The van der Waals surface area contributed by atoms with Crippen LogP contribution in [-0.2, 0) is 34.5 Å². The highest BCUT2D eigenvalue weighted by Gasteiger charge is 2.27. The maximum Gasteiger partial charge on any atom is 0.123 e. The highest BCUT2D eigenvalue weighted by molar-refractivity contribution is 5.51. The fourth-order valence-corrected chi connectivity index (χ4v) is 5.53. The van der Waals surface area contributed by atoms with Crippen molar-refractivity contribution in [3.63, 3.8) is 0 Å². The van der Waals surface area contributed by atoms with E-state index in [9.17, 15) is 10.2 Å². The SMILES string of the molecule is CC(C)(C)c1cc(CCNCCCCCCNCCc2cc(C(C)(C)C)c(O)c(C(C)(C)C)c2)cc(C(C)(C)C)c1O. The van der Waals surface area contributed by atoms with Crippen molar-refractivity contribution >= 4 is 0 Å².